The van der Waals surface area contributed by atoms with Crippen molar-refractivity contribution in [2.45, 2.75) is 64.4 Å². The highest BCUT2D eigenvalue weighted by Gasteiger charge is 2.73. The number of alkyl halides is 6. The first kappa shape index (κ1) is 18.6. The van der Waals surface area contributed by atoms with Gasteiger partial charge in [-0.25, -0.2) is 0 Å². The smallest absolute Gasteiger partial charge is 0.373 e. The third kappa shape index (κ3) is 3.48. The molecule has 7 heteroatoms. The van der Waals surface area contributed by atoms with Gasteiger partial charge in [-0.05, 0) is 43.4 Å². The van der Waals surface area contributed by atoms with Gasteiger partial charge in [-0.2, -0.15) is 26.3 Å². The molecule has 0 aromatic rings. The first-order valence-electron chi connectivity index (χ1n) is 7.18. The Bertz CT molecular complexity index is 324. The van der Waals surface area contributed by atoms with Crippen molar-refractivity contribution in [2.24, 2.45) is 23.7 Å². The van der Waals surface area contributed by atoms with Crippen molar-refractivity contribution >= 4 is 0 Å². The molecule has 126 valence electrons. The van der Waals surface area contributed by atoms with E-state index in [2.05, 4.69) is 0 Å². The zero-order chi connectivity index (χ0) is 16.6. The maximum atomic E-state index is 12.8. The fourth-order valence-electron chi connectivity index (χ4n) is 3.23. The Hall–Kier alpha value is -0.460. The number of aliphatic hydroxyl groups is 1. The molecule has 1 aliphatic rings. The third-order valence-electron chi connectivity index (χ3n) is 5.02. The van der Waals surface area contributed by atoms with Crippen LogP contribution in [-0.2, 0) is 0 Å². The number of rotatable bonds is 3. The van der Waals surface area contributed by atoms with E-state index in [1.54, 1.807) is 0 Å². The maximum absolute atomic E-state index is 12.8. The van der Waals surface area contributed by atoms with E-state index in [0.717, 1.165) is 0 Å². The van der Waals surface area contributed by atoms with Crippen LogP contribution in [0.1, 0.15) is 46.5 Å². The first-order chi connectivity index (χ1) is 9.32. The summed E-state index contributed by atoms with van der Waals surface area (Å²) in [5, 5.41) is 9.39. The Kier molecular flexibility index (Phi) is 5.29. The summed E-state index contributed by atoms with van der Waals surface area (Å²) in [5.74, 6) is -1.12. The molecule has 0 aliphatic heterocycles. The largest absolute Gasteiger partial charge is 0.426 e. The summed E-state index contributed by atoms with van der Waals surface area (Å²) in [6.45, 7) is 5.94. The highest BCUT2D eigenvalue weighted by atomic mass is 19.4. The summed E-state index contributed by atoms with van der Waals surface area (Å²) in [6.07, 6.45) is -11.3. The molecule has 0 aromatic heterocycles. The standard InChI is InChI=1S/C14H22F6O/c1-8(2)9(3)10-4-6-11(7-5-10)12(21,13(15,16)17)14(18,19)20/h8-11,21H,4-7H2,1-3H3. The molecule has 0 saturated heterocycles. The van der Waals surface area contributed by atoms with Gasteiger partial charge in [0.1, 0.15) is 0 Å². The molecule has 1 aliphatic carbocycles. The lowest BCUT2D eigenvalue weighted by Crippen LogP contribution is -2.62. The second-order valence-electron chi connectivity index (χ2n) is 6.48. The fraction of sp³-hybridized carbons (Fsp3) is 1.00. The minimum Gasteiger partial charge on any atom is -0.373 e. The van der Waals surface area contributed by atoms with E-state index in [9.17, 15) is 31.4 Å². The van der Waals surface area contributed by atoms with E-state index in [0.29, 0.717) is 18.8 Å². The monoisotopic (exact) mass is 320 g/mol. The average molecular weight is 320 g/mol. The average Bonchev–Trinajstić information content (AvgIpc) is 2.34. The van der Waals surface area contributed by atoms with Crippen molar-refractivity contribution < 1.29 is 31.4 Å². The van der Waals surface area contributed by atoms with Gasteiger partial charge in [-0.15, -0.1) is 0 Å². The molecule has 1 fully saturated rings. The van der Waals surface area contributed by atoms with Gasteiger partial charge in [0.2, 0.25) is 0 Å². The van der Waals surface area contributed by atoms with Crippen LogP contribution in [0, 0.1) is 23.7 Å². The molecule has 0 aromatic carbocycles. The van der Waals surface area contributed by atoms with E-state index >= 15 is 0 Å². The fourth-order valence-corrected chi connectivity index (χ4v) is 3.23. The predicted molar refractivity (Wildman–Crippen MR) is 66.5 cm³/mol. The van der Waals surface area contributed by atoms with E-state index in [-0.39, 0.29) is 24.7 Å². The Morgan fingerprint density at radius 1 is 0.810 bits per heavy atom. The molecule has 0 heterocycles. The molecule has 1 saturated carbocycles. The lowest BCUT2D eigenvalue weighted by molar-refractivity contribution is -0.387. The van der Waals surface area contributed by atoms with Crippen LogP contribution in [0.5, 0.6) is 0 Å². The molecule has 1 N–H and O–H groups in total. The van der Waals surface area contributed by atoms with Crippen molar-refractivity contribution in [1.82, 2.24) is 0 Å². The van der Waals surface area contributed by atoms with Crippen LogP contribution in [0.3, 0.4) is 0 Å². The van der Waals surface area contributed by atoms with Gasteiger partial charge in [0, 0.05) is 5.92 Å². The first-order valence-corrected chi connectivity index (χ1v) is 7.18. The van der Waals surface area contributed by atoms with E-state index in [1.165, 1.54) is 0 Å². The van der Waals surface area contributed by atoms with Gasteiger partial charge in [0.25, 0.3) is 5.60 Å². The predicted octanol–water partition coefficient (Wildman–Crippen LogP) is 4.94. The molecule has 1 rings (SSSR count). The number of halogens is 6. The topological polar surface area (TPSA) is 20.2 Å². The molecular formula is C14H22F6O. The van der Waals surface area contributed by atoms with Crippen LogP contribution in [0.2, 0.25) is 0 Å². The lowest BCUT2D eigenvalue weighted by atomic mass is 9.68. The Labute approximate surface area is 120 Å². The Balaban J connectivity index is 2.88. The van der Waals surface area contributed by atoms with Gasteiger partial charge in [0.15, 0.2) is 0 Å². The molecule has 0 spiro atoms. The van der Waals surface area contributed by atoms with Gasteiger partial charge >= 0.3 is 12.4 Å². The summed E-state index contributed by atoms with van der Waals surface area (Å²) in [7, 11) is 0. The Morgan fingerprint density at radius 2 is 1.19 bits per heavy atom. The number of hydrogen-bond donors (Lipinski definition) is 1. The van der Waals surface area contributed by atoms with Crippen molar-refractivity contribution in [2.75, 3.05) is 0 Å². The normalized spacial score (nSPS) is 27.0. The van der Waals surface area contributed by atoms with E-state index < -0.39 is 23.9 Å². The highest BCUT2D eigenvalue weighted by Crippen LogP contribution is 2.52. The number of hydrogen-bond acceptors (Lipinski definition) is 1. The van der Waals surface area contributed by atoms with Crippen LogP contribution >= 0.6 is 0 Å². The van der Waals surface area contributed by atoms with Crippen molar-refractivity contribution in [1.29, 1.82) is 0 Å². The SMILES string of the molecule is CC(C)C(C)C1CCC(C(O)(C(F)(F)F)C(F)(F)F)CC1. The quantitative estimate of drug-likeness (QED) is 0.730. The van der Waals surface area contributed by atoms with Crippen LogP contribution < -0.4 is 0 Å². The van der Waals surface area contributed by atoms with Gasteiger partial charge in [-0.3, -0.25) is 0 Å². The molecule has 0 bridgehead atoms. The lowest BCUT2D eigenvalue weighted by Gasteiger charge is -2.43. The second kappa shape index (κ2) is 5.97. The molecule has 1 nitrogen and oxygen atoms in total. The molecule has 0 radical (unpaired) electrons. The van der Waals surface area contributed by atoms with Crippen molar-refractivity contribution in [3.05, 3.63) is 0 Å². The zero-order valence-corrected chi connectivity index (χ0v) is 12.4. The van der Waals surface area contributed by atoms with Crippen molar-refractivity contribution in [3.8, 4) is 0 Å². The van der Waals surface area contributed by atoms with E-state index in [4.69, 9.17) is 0 Å². The van der Waals surface area contributed by atoms with Gasteiger partial charge in [-0.1, -0.05) is 20.8 Å². The summed E-state index contributed by atoms with van der Waals surface area (Å²) in [6, 6.07) is 0. The minimum absolute atomic E-state index is 0.118. The summed E-state index contributed by atoms with van der Waals surface area (Å²) >= 11 is 0. The minimum atomic E-state index is -5.70. The third-order valence-corrected chi connectivity index (χ3v) is 5.02. The van der Waals surface area contributed by atoms with Crippen LogP contribution in [-0.4, -0.2) is 23.1 Å². The highest BCUT2D eigenvalue weighted by molar-refractivity contribution is 5.01. The summed E-state index contributed by atoms with van der Waals surface area (Å²) in [4.78, 5) is 0. The maximum Gasteiger partial charge on any atom is 0.426 e. The van der Waals surface area contributed by atoms with Gasteiger partial charge < -0.3 is 5.11 Å². The van der Waals surface area contributed by atoms with Crippen LogP contribution in [0.15, 0.2) is 0 Å². The van der Waals surface area contributed by atoms with E-state index in [1.807, 2.05) is 20.8 Å². The van der Waals surface area contributed by atoms with Crippen LogP contribution in [0.25, 0.3) is 0 Å². The summed E-state index contributed by atoms with van der Waals surface area (Å²) < 4.78 is 76.8. The molecule has 1 atom stereocenters. The second-order valence-corrected chi connectivity index (χ2v) is 6.48. The molecule has 0 amide bonds. The van der Waals surface area contributed by atoms with Gasteiger partial charge in [0.05, 0.1) is 0 Å². The van der Waals surface area contributed by atoms with Crippen LogP contribution in [0.4, 0.5) is 26.3 Å². The summed E-state index contributed by atoms with van der Waals surface area (Å²) in [5.41, 5.74) is -4.59. The molecular weight excluding hydrogens is 298 g/mol. The Morgan fingerprint density at radius 3 is 1.48 bits per heavy atom. The van der Waals surface area contributed by atoms with Crippen molar-refractivity contribution in [3.63, 3.8) is 0 Å². The molecule has 21 heavy (non-hydrogen) atoms. The zero-order valence-electron chi connectivity index (χ0n) is 12.4. The molecule has 1 unspecified atom stereocenters.